The first-order valence-corrected chi connectivity index (χ1v) is 7.00. The summed E-state index contributed by atoms with van der Waals surface area (Å²) in [6.45, 7) is 7.98. The smallest absolute Gasteiger partial charge is 0.271 e. The van der Waals surface area contributed by atoms with Crippen LogP contribution in [0.1, 0.15) is 32.9 Å². The van der Waals surface area contributed by atoms with Crippen molar-refractivity contribution in [1.82, 2.24) is 9.88 Å². The molecule has 2 heterocycles. The number of hydrogen-bond acceptors (Lipinski definition) is 3. The zero-order chi connectivity index (χ0) is 15.8. The molecule has 6 heteroatoms. The number of aromatic amines is 1. The third-order valence-corrected chi connectivity index (χ3v) is 3.62. The van der Waals surface area contributed by atoms with E-state index in [9.17, 15) is 14.4 Å². The minimum atomic E-state index is -0.419. The number of nitrogens with one attached hydrogen (secondary N) is 2. The standard InChI is InChI=1S/C15H21N3O3/c1-9-5-6-11(14(21)16-9)17-13(20)10-7-12(19)18(8-10)15(2,3)4/h5-6,10H,7-8H2,1-4H3,(H,16,21)(H,17,20)/t10-/m0/s1. The molecule has 6 nitrogen and oxygen atoms in total. The molecule has 1 saturated heterocycles. The highest BCUT2D eigenvalue weighted by Gasteiger charge is 2.39. The summed E-state index contributed by atoms with van der Waals surface area (Å²) in [5.41, 5.74) is 0.313. The minimum Gasteiger partial charge on any atom is -0.337 e. The Morgan fingerprint density at radius 2 is 2.00 bits per heavy atom. The lowest BCUT2D eigenvalue weighted by Crippen LogP contribution is -2.42. The predicted molar refractivity (Wildman–Crippen MR) is 80.0 cm³/mol. The minimum absolute atomic E-state index is 0.0273. The van der Waals surface area contributed by atoms with Crippen LogP contribution in [-0.2, 0) is 9.59 Å². The Morgan fingerprint density at radius 1 is 1.33 bits per heavy atom. The molecule has 2 N–H and O–H groups in total. The number of anilines is 1. The van der Waals surface area contributed by atoms with Gasteiger partial charge < -0.3 is 15.2 Å². The van der Waals surface area contributed by atoms with E-state index in [2.05, 4.69) is 10.3 Å². The third kappa shape index (κ3) is 3.32. The van der Waals surface area contributed by atoms with Gasteiger partial charge in [-0.3, -0.25) is 14.4 Å². The van der Waals surface area contributed by atoms with Crippen molar-refractivity contribution in [2.45, 2.75) is 39.7 Å². The van der Waals surface area contributed by atoms with Gasteiger partial charge in [-0.15, -0.1) is 0 Å². The fourth-order valence-corrected chi connectivity index (χ4v) is 2.44. The Kier molecular flexibility index (Phi) is 3.89. The fraction of sp³-hybridized carbons (Fsp3) is 0.533. The van der Waals surface area contributed by atoms with Crippen LogP contribution in [-0.4, -0.2) is 33.8 Å². The number of H-pyrrole nitrogens is 1. The molecule has 2 amide bonds. The number of nitrogens with zero attached hydrogens (tertiary/aromatic N) is 1. The molecule has 0 saturated carbocycles. The molecule has 1 aliphatic rings. The van der Waals surface area contributed by atoms with Crippen molar-refractivity contribution in [1.29, 1.82) is 0 Å². The molecule has 114 valence electrons. The maximum absolute atomic E-state index is 12.2. The Hall–Kier alpha value is -2.11. The quantitative estimate of drug-likeness (QED) is 0.861. The molecular formula is C15H21N3O3. The molecule has 1 aromatic rings. The number of carbonyl (C=O) groups is 2. The second-order valence-corrected chi connectivity index (χ2v) is 6.45. The van der Waals surface area contributed by atoms with Gasteiger partial charge in [0.25, 0.3) is 5.56 Å². The molecule has 0 aliphatic carbocycles. The SMILES string of the molecule is Cc1ccc(NC(=O)[C@H]2CC(=O)N(C(C)(C)C)C2)c(=O)[nH]1. The van der Waals surface area contributed by atoms with Crippen LogP contribution in [0, 0.1) is 12.8 Å². The van der Waals surface area contributed by atoms with Crippen molar-refractivity contribution >= 4 is 17.5 Å². The first-order chi connectivity index (χ1) is 9.68. The number of pyridine rings is 1. The number of hydrogen-bond donors (Lipinski definition) is 2. The summed E-state index contributed by atoms with van der Waals surface area (Å²) in [4.78, 5) is 40.3. The van der Waals surface area contributed by atoms with Gasteiger partial charge in [0, 0.05) is 24.2 Å². The van der Waals surface area contributed by atoms with Gasteiger partial charge >= 0.3 is 0 Å². The first-order valence-electron chi connectivity index (χ1n) is 7.00. The van der Waals surface area contributed by atoms with Crippen molar-refractivity contribution < 1.29 is 9.59 Å². The second kappa shape index (κ2) is 5.35. The predicted octanol–water partition coefficient (Wildman–Crippen LogP) is 1.27. The zero-order valence-corrected chi connectivity index (χ0v) is 12.8. The lowest BCUT2D eigenvalue weighted by atomic mass is 10.1. The largest absolute Gasteiger partial charge is 0.337 e. The van der Waals surface area contributed by atoms with Crippen LogP contribution >= 0.6 is 0 Å². The van der Waals surface area contributed by atoms with E-state index in [0.29, 0.717) is 6.54 Å². The van der Waals surface area contributed by atoms with E-state index in [1.54, 1.807) is 24.0 Å². The number of aromatic nitrogens is 1. The van der Waals surface area contributed by atoms with Crippen LogP contribution in [0.25, 0.3) is 0 Å². The topological polar surface area (TPSA) is 82.3 Å². The third-order valence-electron chi connectivity index (χ3n) is 3.62. The molecule has 0 radical (unpaired) electrons. The average Bonchev–Trinajstić information content (AvgIpc) is 2.75. The average molecular weight is 291 g/mol. The number of rotatable bonds is 2. The number of amides is 2. The lowest BCUT2D eigenvalue weighted by Gasteiger charge is -2.31. The highest BCUT2D eigenvalue weighted by molar-refractivity contribution is 5.97. The molecule has 1 aliphatic heterocycles. The van der Waals surface area contributed by atoms with Gasteiger partial charge in [-0.1, -0.05) is 0 Å². The summed E-state index contributed by atoms with van der Waals surface area (Å²) in [6.07, 6.45) is 0.187. The van der Waals surface area contributed by atoms with Crippen LogP contribution in [0.5, 0.6) is 0 Å². The van der Waals surface area contributed by atoms with E-state index in [1.807, 2.05) is 20.8 Å². The maximum atomic E-state index is 12.2. The van der Waals surface area contributed by atoms with E-state index in [1.165, 1.54) is 0 Å². The Labute approximate surface area is 123 Å². The van der Waals surface area contributed by atoms with Gasteiger partial charge in [0.05, 0.1) is 5.92 Å². The summed E-state index contributed by atoms with van der Waals surface area (Å²) < 4.78 is 0. The molecule has 1 fully saturated rings. The summed E-state index contributed by atoms with van der Waals surface area (Å²) in [5, 5.41) is 2.61. The van der Waals surface area contributed by atoms with Gasteiger partial charge in [-0.2, -0.15) is 0 Å². The normalized spacial score (nSPS) is 19.0. The molecule has 2 rings (SSSR count). The molecule has 0 aromatic carbocycles. The summed E-state index contributed by atoms with van der Waals surface area (Å²) in [7, 11) is 0. The lowest BCUT2D eigenvalue weighted by molar-refractivity contribution is -0.131. The molecule has 0 bridgehead atoms. The van der Waals surface area contributed by atoms with Gasteiger partial charge in [0.2, 0.25) is 11.8 Å². The number of aryl methyl sites for hydroxylation is 1. The van der Waals surface area contributed by atoms with Crippen molar-refractivity contribution in [2.24, 2.45) is 5.92 Å². The van der Waals surface area contributed by atoms with Crippen molar-refractivity contribution in [2.75, 3.05) is 11.9 Å². The van der Waals surface area contributed by atoms with Crippen molar-refractivity contribution in [3.8, 4) is 0 Å². The molecule has 0 spiro atoms. The first kappa shape index (κ1) is 15.3. The van der Waals surface area contributed by atoms with Crippen molar-refractivity contribution in [3.05, 3.63) is 28.2 Å². The summed E-state index contributed by atoms with van der Waals surface area (Å²) in [5.74, 6) is -0.734. The van der Waals surface area contributed by atoms with Gasteiger partial charge in [0.1, 0.15) is 5.69 Å². The summed E-state index contributed by atoms with van der Waals surface area (Å²) >= 11 is 0. The monoisotopic (exact) mass is 291 g/mol. The van der Waals surface area contributed by atoms with Gasteiger partial charge in [0.15, 0.2) is 0 Å². The Balaban J connectivity index is 2.09. The second-order valence-electron chi connectivity index (χ2n) is 6.45. The molecule has 1 atom stereocenters. The molecule has 21 heavy (non-hydrogen) atoms. The van der Waals surface area contributed by atoms with E-state index >= 15 is 0 Å². The molecule has 1 aromatic heterocycles. The highest BCUT2D eigenvalue weighted by Crippen LogP contribution is 2.26. The Morgan fingerprint density at radius 3 is 2.52 bits per heavy atom. The molecule has 0 unspecified atom stereocenters. The van der Waals surface area contributed by atoms with Gasteiger partial charge in [-0.05, 0) is 39.8 Å². The van der Waals surface area contributed by atoms with Crippen LogP contribution in [0.2, 0.25) is 0 Å². The van der Waals surface area contributed by atoms with Crippen LogP contribution in [0.4, 0.5) is 5.69 Å². The number of likely N-dealkylation sites (tertiary alicyclic amines) is 1. The van der Waals surface area contributed by atoms with E-state index in [0.717, 1.165) is 5.69 Å². The highest BCUT2D eigenvalue weighted by atomic mass is 16.2. The van der Waals surface area contributed by atoms with E-state index in [4.69, 9.17) is 0 Å². The van der Waals surface area contributed by atoms with Crippen LogP contribution in [0.3, 0.4) is 0 Å². The van der Waals surface area contributed by atoms with Crippen LogP contribution in [0.15, 0.2) is 16.9 Å². The maximum Gasteiger partial charge on any atom is 0.271 e. The fourth-order valence-electron chi connectivity index (χ4n) is 2.44. The Bertz CT molecular complexity index is 628. The number of carbonyl (C=O) groups excluding carboxylic acids is 2. The van der Waals surface area contributed by atoms with Gasteiger partial charge in [-0.25, -0.2) is 0 Å². The van der Waals surface area contributed by atoms with E-state index in [-0.39, 0.29) is 35.0 Å². The molecular weight excluding hydrogens is 270 g/mol. The zero-order valence-electron chi connectivity index (χ0n) is 12.8. The van der Waals surface area contributed by atoms with Crippen molar-refractivity contribution in [3.63, 3.8) is 0 Å². The van der Waals surface area contributed by atoms with E-state index < -0.39 is 5.92 Å². The summed E-state index contributed by atoms with van der Waals surface area (Å²) in [6, 6.07) is 3.29. The van der Waals surface area contributed by atoms with Crippen LogP contribution < -0.4 is 10.9 Å².